The molecule has 1 fully saturated rings. The van der Waals surface area contributed by atoms with Crippen LogP contribution in [0.5, 0.6) is 5.88 Å². The van der Waals surface area contributed by atoms with Crippen LogP contribution in [-0.2, 0) is 4.79 Å². The lowest BCUT2D eigenvalue weighted by Crippen LogP contribution is -2.48. The predicted octanol–water partition coefficient (Wildman–Crippen LogP) is 1.17. The Morgan fingerprint density at radius 1 is 1.42 bits per heavy atom. The summed E-state index contributed by atoms with van der Waals surface area (Å²) in [6.45, 7) is 0.474. The minimum absolute atomic E-state index is 0.290. The van der Waals surface area contributed by atoms with E-state index in [2.05, 4.69) is 4.98 Å². The van der Waals surface area contributed by atoms with E-state index in [1.54, 1.807) is 12.1 Å². The second-order valence-electron chi connectivity index (χ2n) is 4.44. The van der Waals surface area contributed by atoms with E-state index in [9.17, 15) is 9.59 Å². The summed E-state index contributed by atoms with van der Waals surface area (Å²) in [5, 5.41) is 9.16. The van der Waals surface area contributed by atoms with Crippen LogP contribution in [0, 0.1) is 0 Å². The van der Waals surface area contributed by atoms with Crippen molar-refractivity contribution in [1.82, 2.24) is 9.88 Å². The van der Waals surface area contributed by atoms with Crippen molar-refractivity contribution < 1.29 is 19.4 Å². The second kappa shape index (κ2) is 5.69. The SMILES string of the molecule is COc1ccc(C(=O)N2CCCC[C@H]2C(=O)O)cn1. The number of amides is 1. The van der Waals surface area contributed by atoms with Crippen molar-refractivity contribution in [3.8, 4) is 5.88 Å². The Labute approximate surface area is 111 Å². The van der Waals surface area contributed by atoms with Gasteiger partial charge in [0.1, 0.15) is 6.04 Å². The smallest absolute Gasteiger partial charge is 0.326 e. The van der Waals surface area contributed by atoms with Gasteiger partial charge in [0, 0.05) is 18.8 Å². The highest BCUT2D eigenvalue weighted by molar-refractivity contribution is 5.96. The molecule has 1 aromatic rings. The quantitative estimate of drug-likeness (QED) is 0.886. The molecule has 1 atom stereocenters. The summed E-state index contributed by atoms with van der Waals surface area (Å²) in [6, 6.07) is 2.46. The van der Waals surface area contributed by atoms with E-state index in [0.29, 0.717) is 24.4 Å². The Hall–Kier alpha value is -2.11. The number of carboxylic acid groups (broad SMARTS) is 1. The number of nitrogens with zero attached hydrogens (tertiary/aromatic N) is 2. The number of hydrogen-bond acceptors (Lipinski definition) is 4. The van der Waals surface area contributed by atoms with Crippen LogP contribution in [0.15, 0.2) is 18.3 Å². The van der Waals surface area contributed by atoms with Gasteiger partial charge in [-0.2, -0.15) is 0 Å². The van der Waals surface area contributed by atoms with Gasteiger partial charge >= 0.3 is 5.97 Å². The van der Waals surface area contributed by atoms with Crippen molar-refractivity contribution in [3.05, 3.63) is 23.9 Å². The van der Waals surface area contributed by atoms with E-state index in [1.165, 1.54) is 18.2 Å². The maximum absolute atomic E-state index is 12.3. The largest absolute Gasteiger partial charge is 0.481 e. The zero-order valence-corrected chi connectivity index (χ0v) is 10.7. The monoisotopic (exact) mass is 264 g/mol. The summed E-state index contributed by atoms with van der Waals surface area (Å²) >= 11 is 0. The molecule has 0 aromatic carbocycles. The van der Waals surface area contributed by atoms with Gasteiger partial charge in [0.2, 0.25) is 5.88 Å². The van der Waals surface area contributed by atoms with Gasteiger partial charge in [-0.15, -0.1) is 0 Å². The van der Waals surface area contributed by atoms with E-state index in [0.717, 1.165) is 12.8 Å². The summed E-state index contributed by atoms with van der Waals surface area (Å²) in [5.74, 6) is -0.818. The first-order valence-corrected chi connectivity index (χ1v) is 6.17. The van der Waals surface area contributed by atoms with Crippen molar-refractivity contribution in [2.45, 2.75) is 25.3 Å². The highest BCUT2D eigenvalue weighted by Gasteiger charge is 2.32. The summed E-state index contributed by atoms with van der Waals surface area (Å²) in [7, 11) is 1.49. The lowest BCUT2D eigenvalue weighted by atomic mass is 10.0. The number of rotatable bonds is 3. The van der Waals surface area contributed by atoms with Gasteiger partial charge in [-0.05, 0) is 25.3 Å². The molecule has 0 saturated carbocycles. The third kappa shape index (κ3) is 2.83. The number of carbonyl (C=O) groups is 2. The number of piperidine rings is 1. The van der Waals surface area contributed by atoms with Crippen LogP contribution < -0.4 is 4.74 Å². The van der Waals surface area contributed by atoms with Crippen LogP contribution >= 0.6 is 0 Å². The number of methoxy groups -OCH3 is 1. The van der Waals surface area contributed by atoms with Crippen molar-refractivity contribution in [3.63, 3.8) is 0 Å². The van der Waals surface area contributed by atoms with Crippen LogP contribution in [0.3, 0.4) is 0 Å². The molecule has 0 bridgehead atoms. The van der Waals surface area contributed by atoms with Crippen molar-refractivity contribution >= 4 is 11.9 Å². The first-order valence-electron chi connectivity index (χ1n) is 6.17. The standard InChI is InChI=1S/C13H16N2O4/c1-19-11-6-5-9(8-14-11)12(16)15-7-3-2-4-10(15)13(17)18/h5-6,8,10H,2-4,7H2,1H3,(H,17,18)/t10-/m0/s1. The molecular formula is C13H16N2O4. The Morgan fingerprint density at radius 3 is 2.79 bits per heavy atom. The zero-order chi connectivity index (χ0) is 13.8. The fraction of sp³-hybridized carbons (Fsp3) is 0.462. The maximum Gasteiger partial charge on any atom is 0.326 e. The van der Waals surface area contributed by atoms with Gasteiger partial charge in [0.15, 0.2) is 0 Å². The first-order chi connectivity index (χ1) is 9.13. The Kier molecular flexibility index (Phi) is 3.99. The van der Waals surface area contributed by atoms with Crippen LogP contribution in [-0.4, -0.2) is 46.6 Å². The molecule has 2 rings (SSSR count). The molecule has 0 unspecified atom stereocenters. The fourth-order valence-electron chi connectivity index (χ4n) is 2.22. The van der Waals surface area contributed by atoms with Gasteiger partial charge in [-0.3, -0.25) is 4.79 Å². The number of pyridine rings is 1. The molecule has 6 heteroatoms. The highest BCUT2D eigenvalue weighted by atomic mass is 16.5. The number of aromatic nitrogens is 1. The summed E-state index contributed by atoms with van der Waals surface area (Å²) in [5.41, 5.74) is 0.383. The van der Waals surface area contributed by atoms with Crippen LogP contribution in [0.1, 0.15) is 29.6 Å². The molecule has 1 saturated heterocycles. The Balaban J connectivity index is 2.18. The predicted molar refractivity (Wildman–Crippen MR) is 67.1 cm³/mol. The lowest BCUT2D eigenvalue weighted by Gasteiger charge is -2.32. The van der Waals surface area contributed by atoms with Gasteiger partial charge < -0.3 is 14.7 Å². The normalized spacial score (nSPS) is 19.0. The minimum Gasteiger partial charge on any atom is -0.481 e. The van der Waals surface area contributed by atoms with Crippen LogP contribution in [0.25, 0.3) is 0 Å². The molecule has 2 heterocycles. The molecule has 1 aromatic heterocycles. The number of hydrogen-bond donors (Lipinski definition) is 1. The minimum atomic E-state index is -0.950. The summed E-state index contributed by atoms with van der Waals surface area (Å²) < 4.78 is 4.92. The van der Waals surface area contributed by atoms with Gasteiger partial charge in [0.25, 0.3) is 5.91 Å². The molecule has 19 heavy (non-hydrogen) atoms. The summed E-state index contributed by atoms with van der Waals surface area (Å²) in [6.07, 6.45) is 3.58. The first kappa shape index (κ1) is 13.3. The molecular weight excluding hydrogens is 248 g/mol. The number of carbonyl (C=O) groups excluding carboxylic acids is 1. The molecule has 1 N–H and O–H groups in total. The van der Waals surface area contributed by atoms with E-state index >= 15 is 0 Å². The van der Waals surface area contributed by atoms with E-state index < -0.39 is 12.0 Å². The highest BCUT2D eigenvalue weighted by Crippen LogP contribution is 2.20. The summed E-state index contributed by atoms with van der Waals surface area (Å²) in [4.78, 5) is 28.8. The zero-order valence-electron chi connectivity index (χ0n) is 10.7. The third-order valence-corrected chi connectivity index (χ3v) is 3.24. The topological polar surface area (TPSA) is 79.7 Å². The molecule has 0 aliphatic carbocycles. The fourth-order valence-corrected chi connectivity index (χ4v) is 2.22. The van der Waals surface area contributed by atoms with Crippen molar-refractivity contribution in [2.24, 2.45) is 0 Å². The number of aliphatic carboxylic acids is 1. The van der Waals surface area contributed by atoms with E-state index in [-0.39, 0.29) is 5.91 Å². The van der Waals surface area contributed by atoms with Gasteiger partial charge in [0.05, 0.1) is 12.7 Å². The molecule has 1 aliphatic heterocycles. The van der Waals surface area contributed by atoms with Crippen LogP contribution in [0.2, 0.25) is 0 Å². The van der Waals surface area contributed by atoms with Gasteiger partial charge in [-0.1, -0.05) is 0 Å². The molecule has 102 valence electrons. The maximum atomic E-state index is 12.3. The lowest BCUT2D eigenvalue weighted by molar-refractivity contribution is -0.143. The Morgan fingerprint density at radius 2 is 2.21 bits per heavy atom. The average molecular weight is 264 g/mol. The van der Waals surface area contributed by atoms with Crippen LogP contribution in [0.4, 0.5) is 0 Å². The third-order valence-electron chi connectivity index (χ3n) is 3.24. The van der Waals surface area contributed by atoms with Crippen molar-refractivity contribution in [2.75, 3.05) is 13.7 Å². The number of carboxylic acids is 1. The second-order valence-corrected chi connectivity index (χ2v) is 4.44. The molecule has 0 radical (unpaired) electrons. The molecule has 6 nitrogen and oxygen atoms in total. The molecule has 0 spiro atoms. The van der Waals surface area contributed by atoms with Crippen molar-refractivity contribution in [1.29, 1.82) is 0 Å². The average Bonchev–Trinajstić information content (AvgIpc) is 2.46. The number of likely N-dealkylation sites (tertiary alicyclic amines) is 1. The molecule has 1 aliphatic rings. The van der Waals surface area contributed by atoms with E-state index in [1.807, 2.05) is 0 Å². The number of ether oxygens (including phenoxy) is 1. The Bertz CT molecular complexity index is 472. The van der Waals surface area contributed by atoms with Gasteiger partial charge in [-0.25, -0.2) is 9.78 Å². The molecule has 1 amide bonds. The van der Waals surface area contributed by atoms with E-state index in [4.69, 9.17) is 9.84 Å².